The lowest BCUT2D eigenvalue weighted by molar-refractivity contribution is -0.131. The molecule has 27 heavy (non-hydrogen) atoms. The molecule has 4 rings (SSSR count). The third-order valence-electron chi connectivity index (χ3n) is 4.26. The molecule has 6 heteroatoms. The van der Waals surface area contributed by atoms with Crippen molar-refractivity contribution in [3.63, 3.8) is 0 Å². The Morgan fingerprint density at radius 1 is 1.04 bits per heavy atom. The summed E-state index contributed by atoms with van der Waals surface area (Å²) in [5, 5.41) is 10.2. The fraction of sp³-hybridized carbons (Fsp3) is 0.0476. The van der Waals surface area contributed by atoms with Gasteiger partial charge < -0.3 is 18.7 Å². The predicted octanol–water partition coefficient (Wildman–Crippen LogP) is 4.31. The molecule has 0 aliphatic heterocycles. The number of fused-ring (bicyclic) bond motifs is 2. The van der Waals surface area contributed by atoms with Crippen molar-refractivity contribution < 1.29 is 23.5 Å². The van der Waals surface area contributed by atoms with E-state index in [0.717, 1.165) is 22.6 Å². The molecule has 4 aromatic rings. The molecule has 6 nitrogen and oxygen atoms in total. The van der Waals surface area contributed by atoms with E-state index >= 15 is 0 Å². The Labute approximate surface area is 152 Å². The van der Waals surface area contributed by atoms with Gasteiger partial charge in [0.1, 0.15) is 11.3 Å². The van der Waals surface area contributed by atoms with Crippen LogP contribution in [0.15, 0.2) is 68.4 Å². The molecule has 0 spiro atoms. The van der Waals surface area contributed by atoms with Gasteiger partial charge in [0.2, 0.25) is 0 Å². The van der Waals surface area contributed by atoms with E-state index in [1.165, 1.54) is 12.1 Å². The summed E-state index contributed by atoms with van der Waals surface area (Å²) in [4.78, 5) is 22.5. The highest BCUT2D eigenvalue weighted by Crippen LogP contribution is 2.43. The van der Waals surface area contributed by atoms with Crippen LogP contribution in [0.1, 0.15) is 5.56 Å². The summed E-state index contributed by atoms with van der Waals surface area (Å²) in [6.45, 7) is 0. The third-order valence-corrected chi connectivity index (χ3v) is 4.26. The summed E-state index contributed by atoms with van der Waals surface area (Å²) in [6.07, 6.45) is 4.13. The van der Waals surface area contributed by atoms with Gasteiger partial charge in [-0.15, -0.1) is 0 Å². The molecule has 0 saturated heterocycles. The lowest BCUT2D eigenvalue weighted by Gasteiger charge is -2.11. The molecule has 0 saturated carbocycles. The molecule has 0 atom stereocenters. The van der Waals surface area contributed by atoms with E-state index in [2.05, 4.69) is 0 Å². The molecule has 1 N–H and O–H groups in total. The second kappa shape index (κ2) is 6.49. The standard InChI is InChI=1S/C21H14O6/c1-25-19-14-7-9-17(24)27-21(14)18(20-15(19)10-11-26-20)13-5-2-12(3-6-13)4-8-16(22)23/h2-11H,1H3,(H,22,23)/b8-4+. The first-order chi connectivity index (χ1) is 13.1. The molecule has 2 aromatic heterocycles. The lowest BCUT2D eigenvalue weighted by atomic mass is 9.98. The molecule has 0 bridgehead atoms. The number of aliphatic carboxylic acids is 1. The van der Waals surface area contributed by atoms with Crippen LogP contribution in [0.2, 0.25) is 0 Å². The Kier molecular flexibility index (Phi) is 4.01. The van der Waals surface area contributed by atoms with Gasteiger partial charge in [-0.1, -0.05) is 24.3 Å². The molecule has 0 radical (unpaired) electrons. The maximum atomic E-state index is 11.8. The van der Waals surface area contributed by atoms with Gasteiger partial charge in [-0.05, 0) is 29.3 Å². The summed E-state index contributed by atoms with van der Waals surface area (Å²) in [5.74, 6) is -0.443. The van der Waals surface area contributed by atoms with E-state index in [4.69, 9.17) is 18.7 Å². The van der Waals surface area contributed by atoms with Crippen LogP contribution in [0, 0.1) is 0 Å². The monoisotopic (exact) mass is 362 g/mol. The Balaban J connectivity index is 2.00. The number of ether oxygens (including phenoxy) is 1. The van der Waals surface area contributed by atoms with Crippen molar-refractivity contribution in [2.24, 2.45) is 0 Å². The molecule has 2 heterocycles. The van der Waals surface area contributed by atoms with Gasteiger partial charge >= 0.3 is 11.6 Å². The normalized spacial score (nSPS) is 11.4. The van der Waals surface area contributed by atoms with Crippen molar-refractivity contribution in [2.45, 2.75) is 0 Å². The van der Waals surface area contributed by atoms with Crippen molar-refractivity contribution in [2.75, 3.05) is 7.11 Å². The highest BCUT2D eigenvalue weighted by Gasteiger charge is 2.20. The average molecular weight is 362 g/mol. The fourth-order valence-electron chi connectivity index (χ4n) is 3.12. The molecular weight excluding hydrogens is 348 g/mol. The van der Waals surface area contributed by atoms with Crippen LogP contribution in [0.25, 0.3) is 39.1 Å². The minimum Gasteiger partial charge on any atom is -0.495 e. The van der Waals surface area contributed by atoms with E-state index in [-0.39, 0.29) is 0 Å². The molecule has 2 aromatic carbocycles. The molecule has 0 aliphatic carbocycles. The molecular formula is C21H14O6. The van der Waals surface area contributed by atoms with Crippen LogP contribution in [-0.4, -0.2) is 18.2 Å². The zero-order chi connectivity index (χ0) is 19.0. The van der Waals surface area contributed by atoms with Gasteiger partial charge in [0.15, 0.2) is 5.58 Å². The molecule has 134 valence electrons. The van der Waals surface area contributed by atoms with Gasteiger partial charge in [0, 0.05) is 12.1 Å². The van der Waals surface area contributed by atoms with Gasteiger partial charge in [0.05, 0.1) is 29.7 Å². The number of benzene rings is 2. The first-order valence-electron chi connectivity index (χ1n) is 8.11. The largest absolute Gasteiger partial charge is 0.495 e. The van der Waals surface area contributed by atoms with Gasteiger partial charge in [-0.25, -0.2) is 9.59 Å². The zero-order valence-corrected chi connectivity index (χ0v) is 14.3. The van der Waals surface area contributed by atoms with E-state index in [0.29, 0.717) is 27.9 Å². The molecule has 0 amide bonds. The third kappa shape index (κ3) is 2.87. The maximum Gasteiger partial charge on any atom is 0.336 e. The summed E-state index contributed by atoms with van der Waals surface area (Å²) in [6, 6.07) is 12.0. The Morgan fingerprint density at radius 2 is 1.78 bits per heavy atom. The van der Waals surface area contributed by atoms with Crippen LogP contribution in [-0.2, 0) is 4.79 Å². The number of furan rings is 1. The highest BCUT2D eigenvalue weighted by atomic mass is 16.5. The van der Waals surface area contributed by atoms with Crippen LogP contribution >= 0.6 is 0 Å². The first-order valence-corrected chi connectivity index (χ1v) is 8.11. The molecule has 0 fully saturated rings. The number of hydrogen-bond donors (Lipinski definition) is 1. The van der Waals surface area contributed by atoms with Crippen LogP contribution in [0.3, 0.4) is 0 Å². The van der Waals surface area contributed by atoms with E-state index in [9.17, 15) is 9.59 Å². The number of carboxylic acids is 1. The number of hydrogen-bond acceptors (Lipinski definition) is 5. The summed E-state index contributed by atoms with van der Waals surface area (Å²) < 4.78 is 16.7. The summed E-state index contributed by atoms with van der Waals surface area (Å²) in [5.41, 5.74) is 2.58. The van der Waals surface area contributed by atoms with Crippen molar-refractivity contribution in [1.82, 2.24) is 0 Å². The zero-order valence-electron chi connectivity index (χ0n) is 14.3. The smallest absolute Gasteiger partial charge is 0.336 e. The van der Waals surface area contributed by atoms with Crippen molar-refractivity contribution >= 4 is 34.0 Å². The number of carboxylic acid groups (broad SMARTS) is 1. The minimum absolute atomic E-state index is 0.371. The van der Waals surface area contributed by atoms with Gasteiger partial charge in [-0.3, -0.25) is 0 Å². The number of methoxy groups -OCH3 is 1. The second-order valence-electron chi connectivity index (χ2n) is 5.86. The van der Waals surface area contributed by atoms with Crippen LogP contribution in [0.4, 0.5) is 0 Å². The highest BCUT2D eigenvalue weighted by molar-refractivity contribution is 6.12. The number of rotatable bonds is 4. The SMILES string of the molecule is COc1c2ccoc2c(-c2ccc(/C=C/C(=O)O)cc2)c2oc(=O)ccc12. The maximum absolute atomic E-state index is 11.8. The van der Waals surface area contributed by atoms with Crippen molar-refractivity contribution in [3.05, 3.63) is 70.8 Å². The fourth-order valence-corrected chi connectivity index (χ4v) is 3.12. The van der Waals surface area contributed by atoms with Crippen molar-refractivity contribution in [3.8, 4) is 16.9 Å². The minimum atomic E-state index is -1.01. The van der Waals surface area contributed by atoms with E-state index in [1.807, 2.05) is 12.1 Å². The Hall–Kier alpha value is -3.80. The second-order valence-corrected chi connectivity index (χ2v) is 5.86. The quantitative estimate of drug-likeness (QED) is 0.430. The van der Waals surface area contributed by atoms with E-state index < -0.39 is 11.6 Å². The van der Waals surface area contributed by atoms with Crippen LogP contribution in [0.5, 0.6) is 5.75 Å². The van der Waals surface area contributed by atoms with Gasteiger partial charge in [0.25, 0.3) is 0 Å². The average Bonchev–Trinajstić information content (AvgIpc) is 3.14. The Morgan fingerprint density at radius 3 is 2.48 bits per heavy atom. The van der Waals surface area contributed by atoms with Crippen molar-refractivity contribution in [1.29, 1.82) is 0 Å². The predicted molar refractivity (Wildman–Crippen MR) is 101 cm³/mol. The van der Waals surface area contributed by atoms with Crippen LogP contribution < -0.4 is 10.4 Å². The Bertz CT molecular complexity index is 1240. The molecule has 0 aliphatic rings. The number of carbonyl (C=O) groups is 1. The molecule has 0 unspecified atom stereocenters. The topological polar surface area (TPSA) is 89.9 Å². The summed E-state index contributed by atoms with van der Waals surface area (Å²) in [7, 11) is 1.55. The first kappa shape index (κ1) is 16.7. The van der Waals surface area contributed by atoms with Gasteiger partial charge in [-0.2, -0.15) is 0 Å². The summed E-state index contributed by atoms with van der Waals surface area (Å²) >= 11 is 0. The lowest BCUT2D eigenvalue weighted by Crippen LogP contribution is -1.98. The van der Waals surface area contributed by atoms with E-state index in [1.54, 1.807) is 37.6 Å².